The zero-order chi connectivity index (χ0) is 18.5. The molecule has 1 atom stereocenters. The van der Waals surface area contributed by atoms with E-state index in [2.05, 4.69) is 51.8 Å². The number of benzene rings is 1. The second-order valence-corrected chi connectivity index (χ2v) is 6.76. The van der Waals surface area contributed by atoms with Crippen molar-refractivity contribution in [2.45, 2.75) is 45.8 Å². The minimum atomic E-state index is -0.0584. The molecule has 0 bridgehead atoms. The molecule has 0 spiro atoms. The number of aliphatic hydroxyl groups excluding tert-OH is 1. The summed E-state index contributed by atoms with van der Waals surface area (Å²) in [5.74, 6) is 2.20. The second-order valence-electron chi connectivity index (χ2n) is 6.76. The predicted octanol–water partition coefficient (Wildman–Crippen LogP) is 2.87. The molecule has 140 valence electrons. The molecule has 2 heterocycles. The normalized spacial score (nSPS) is 14.1. The summed E-state index contributed by atoms with van der Waals surface area (Å²) in [6, 6.07) is 10.5. The van der Waals surface area contributed by atoms with E-state index in [1.54, 1.807) is 0 Å². The van der Waals surface area contributed by atoms with Crippen molar-refractivity contribution >= 4 is 23.3 Å². The number of aromatic nitrogens is 2. The monoisotopic (exact) mass is 356 g/mol. The van der Waals surface area contributed by atoms with Gasteiger partial charge in [0.05, 0.1) is 19.3 Å². The highest BCUT2D eigenvalue weighted by atomic mass is 16.3. The van der Waals surface area contributed by atoms with Crippen LogP contribution in [-0.4, -0.2) is 40.4 Å². The summed E-state index contributed by atoms with van der Waals surface area (Å²) in [6.45, 7) is 7.76. The zero-order valence-electron chi connectivity index (χ0n) is 15.7. The Morgan fingerprint density at radius 3 is 2.65 bits per heavy atom. The van der Waals surface area contributed by atoms with Crippen LogP contribution in [0, 0.1) is 0 Å². The third kappa shape index (κ3) is 3.99. The first-order chi connectivity index (χ1) is 12.6. The lowest BCUT2D eigenvalue weighted by Crippen LogP contribution is -2.31. The number of hydrogen-bond acceptors (Lipinski definition) is 7. The van der Waals surface area contributed by atoms with Crippen molar-refractivity contribution in [2.75, 3.05) is 34.1 Å². The lowest BCUT2D eigenvalue weighted by Gasteiger charge is -2.22. The summed E-state index contributed by atoms with van der Waals surface area (Å²) in [4.78, 5) is 11.6. The standard InChI is InChI=1S/C19H28N6O/c1-4-15(11-26)22-19-23-17(20-10-14-8-6-5-7-9-14)16-18(24-19)25(12-21-16)13(2)3/h5-9,13,15,21,26H,4,10-12H2,1-3H3,(H2,20,22,23,24)/t15-/m1/s1. The van der Waals surface area contributed by atoms with E-state index in [1.807, 2.05) is 25.1 Å². The average Bonchev–Trinajstić information content (AvgIpc) is 3.09. The van der Waals surface area contributed by atoms with E-state index in [4.69, 9.17) is 4.98 Å². The quantitative estimate of drug-likeness (QED) is 0.579. The number of nitrogens with zero attached hydrogens (tertiary/aromatic N) is 3. The molecule has 0 amide bonds. The van der Waals surface area contributed by atoms with Crippen LogP contribution in [0.1, 0.15) is 32.8 Å². The highest BCUT2D eigenvalue weighted by molar-refractivity contribution is 5.83. The lowest BCUT2D eigenvalue weighted by atomic mass is 10.2. The maximum atomic E-state index is 9.49. The van der Waals surface area contributed by atoms with Crippen molar-refractivity contribution in [1.29, 1.82) is 0 Å². The molecule has 7 nitrogen and oxygen atoms in total. The Labute approximate surface area is 154 Å². The molecule has 0 aliphatic carbocycles. The molecule has 0 radical (unpaired) electrons. The number of rotatable bonds is 8. The van der Waals surface area contributed by atoms with Gasteiger partial charge in [-0.05, 0) is 25.8 Å². The lowest BCUT2D eigenvalue weighted by molar-refractivity contribution is 0.271. The molecule has 3 rings (SSSR count). The fourth-order valence-electron chi connectivity index (χ4n) is 2.92. The number of aliphatic hydroxyl groups is 1. The number of fused-ring (bicyclic) bond motifs is 1. The van der Waals surface area contributed by atoms with Gasteiger partial charge < -0.3 is 26.0 Å². The molecule has 0 saturated carbocycles. The Kier molecular flexibility index (Phi) is 5.78. The van der Waals surface area contributed by atoms with E-state index in [1.165, 1.54) is 5.56 Å². The van der Waals surface area contributed by atoms with Gasteiger partial charge in [-0.1, -0.05) is 37.3 Å². The summed E-state index contributed by atoms with van der Waals surface area (Å²) in [5, 5.41) is 19.6. The van der Waals surface area contributed by atoms with E-state index in [0.717, 1.165) is 23.7 Å². The van der Waals surface area contributed by atoms with Crippen LogP contribution in [0.5, 0.6) is 0 Å². The van der Waals surface area contributed by atoms with Crippen LogP contribution in [0.25, 0.3) is 0 Å². The first kappa shape index (κ1) is 18.3. The number of nitrogens with one attached hydrogen (secondary N) is 3. The van der Waals surface area contributed by atoms with Gasteiger partial charge in [-0.25, -0.2) is 0 Å². The summed E-state index contributed by atoms with van der Waals surface area (Å²) in [6.07, 6.45) is 0.801. The van der Waals surface area contributed by atoms with Crippen LogP contribution in [-0.2, 0) is 6.54 Å². The molecule has 1 aliphatic rings. The van der Waals surface area contributed by atoms with Crippen LogP contribution in [0.3, 0.4) is 0 Å². The van der Waals surface area contributed by atoms with Gasteiger partial charge in [-0.3, -0.25) is 0 Å². The minimum absolute atomic E-state index is 0.0515. The molecule has 26 heavy (non-hydrogen) atoms. The van der Waals surface area contributed by atoms with Gasteiger partial charge in [0.25, 0.3) is 0 Å². The molecular formula is C19H28N6O. The molecule has 1 aromatic carbocycles. The molecule has 1 aliphatic heterocycles. The highest BCUT2D eigenvalue weighted by Crippen LogP contribution is 2.37. The van der Waals surface area contributed by atoms with E-state index >= 15 is 0 Å². The summed E-state index contributed by atoms with van der Waals surface area (Å²) in [7, 11) is 0. The van der Waals surface area contributed by atoms with Crippen LogP contribution < -0.4 is 20.9 Å². The Morgan fingerprint density at radius 2 is 2.00 bits per heavy atom. The highest BCUT2D eigenvalue weighted by Gasteiger charge is 2.27. The van der Waals surface area contributed by atoms with Gasteiger partial charge in [0.2, 0.25) is 5.95 Å². The number of hydrogen-bond donors (Lipinski definition) is 4. The molecular weight excluding hydrogens is 328 g/mol. The third-order valence-electron chi connectivity index (χ3n) is 4.56. The molecule has 7 heteroatoms. The van der Waals surface area contributed by atoms with Crippen molar-refractivity contribution in [3.05, 3.63) is 35.9 Å². The van der Waals surface area contributed by atoms with Gasteiger partial charge in [0.15, 0.2) is 11.6 Å². The summed E-state index contributed by atoms with van der Waals surface area (Å²) < 4.78 is 0. The van der Waals surface area contributed by atoms with E-state index in [0.29, 0.717) is 25.2 Å². The maximum absolute atomic E-state index is 9.49. The second kappa shape index (κ2) is 8.23. The zero-order valence-corrected chi connectivity index (χ0v) is 15.7. The Morgan fingerprint density at radius 1 is 1.23 bits per heavy atom. The van der Waals surface area contributed by atoms with E-state index in [9.17, 15) is 5.11 Å². The van der Waals surface area contributed by atoms with E-state index in [-0.39, 0.29) is 12.6 Å². The van der Waals surface area contributed by atoms with Gasteiger partial charge >= 0.3 is 0 Å². The van der Waals surface area contributed by atoms with E-state index < -0.39 is 0 Å². The van der Waals surface area contributed by atoms with Crippen molar-refractivity contribution in [2.24, 2.45) is 0 Å². The third-order valence-corrected chi connectivity index (χ3v) is 4.56. The SMILES string of the molecule is CC[C@H](CO)Nc1nc(NCc2ccccc2)c2c(n1)N(C(C)C)CN2. The van der Waals surface area contributed by atoms with Gasteiger partial charge in [0.1, 0.15) is 5.69 Å². The van der Waals surface area contributed by atoms with Crippen molar-refractivity contribution in [3.63, 3.8) is 0 Å². The van der Waals surface area contributed by atoms with Crippen molar-refractivity contribution < 1.29 is 5.11 Å². The fraction of sp³-hybridized carbons (Fsp3) is 0.474. The van der Waals surface area contributed by atoms with Crippen LogP contribution in [0.2, 0.25) is 0 Å². The molecule has 0 unspecified atom stereocenters. The Balaban J connectivity index is 1.89. The Hall–Kier alpha value is -2.54. The first-order valence-corrected chi connectivity index (χ1v) is 9.20. The molecule has 4 N–H and O–H groups in total. The Bertz CT molecular complexity index is 717. The molecule has 0 fully saturated rings. The van der Waals surface area contributed by atoms with Crippen LogP contribution in [0.4, 0.5) is 23.3 Å². The predicted molar refractivity (Wildman–Crippen MR) is 107 cm³/mol. The smallest absolute Gasteiger partial charge is 0.227 e. The largest absolute Gasteiger partial charge is 0.394 e. The molecule has 1 aromatic heterocycles. The van der Waals surface area contributed by atoms with Gasteiger partial charge in [-0.2, -0.15) is 9.97 Å². The topological polar surface area (TPSA) is 85.3 Å². The fourth-order valence-corrected chi connectivity index (χ4v) is 2.92. The summed E-state index contributed by atoms with van der Waals surface area (Å²) >= 11 is 0. The molecule has 0 saturated heterocycles. The van der Waals surface area contributed by atoms with Crippen LogP contribution >= 0.6 is 0 Å². The van der Waals surface area contributed by atoms with Crippen molar-refractivity contribution in [1.82, 2.24) is 9.97 Å². The number of anilines is 4. The van der Waals surface area contributed by atoms with Gasteiger partial charge in [0, 0.05) is 12.6 Å². The average molecular weight is 356 g/mol. The summed E-state index contributed by atoms with van der Waals surface area (Å²) in [5.41, 5.74) is 2.12. The first-order valence-electron chi connectivity index (χ1n) is 9.20. The van der Waals surface area contributed by atoms with Crippen LogP contribution in [0.15, 0.2) is 30.3 Å². The van der Waals surface area contributed by atoms with Gasteiger partial charge in [-0.15, -0.1) is 0 Å². The minimum Gasteiger partial charge on any atom is -0.394 e. The molecule has 2 aromatic rings. The maximum Gasteiger partial charge on any atom is 0.227 e. The van der Waals surface area contributed by atoms with Crippen molar-refractivity contribution in [3.8, 4) is 0 Å².